The molecule has 2 rings (SSSR count). The zero-order chi connectivity index (χ0) is 22.1. The van der Waals surface area contributed by atoms with E-state index in [4.69, 9.17) is 0 Å². The van der Waals surface area contributed by atoms with Gasteiger partial charge in [0.25, 0.3) is 10.0 Å². The van der Waals surface area contributed by atoms with E-state index in [1.807, 2.05) is 12.2 Å². The van der Waals surface area contributed by atoms with Gasteiger partial charge in [-0.2, -0.15) is 0 Å². The van der Waals surface area contributed by atoms with Crippen LogP contribution >= 0.6 is 11.8 Å². The van der Waals surface area contributed by atoms with Crippen LogP contribution < -0.4 is 10.6 Å². The number of nitrogens with zero attached hydrogens (tertiary/aromatic N) is 1. The van der Waals surface area contributed by atoms with Crippen molar-refractivity contribution >= 4 is 39.8 Å². The van der Waals surface area contributed by atoms with Crippen LogP contribution in [-0.4, -0.2) is 50.2 Å². The van der Waals surface area contributed by atoms with Crippen molar-refractivity contribution in [3.05, 3.63) is 40.9 Å². The van der Waals surface area contributed by atoms with E-state index in [9.17, 15) is 22.8 Å². The van der Waals surface area contributed by atoms with Crippen LogP contribution in [0.5, 0.6) is 0 Å². The van der Waals surface area contributed by atoms with E-state index in [-0.39, 0.29) is 16.3 Å². The predicted octanol–water partition coefficient (Wildman–Crippen LogP) is 2.81. The van der Waals surface area contributed by atoms with Crippen LogP contribution in [0.3, 0.4) is 0 Å². The van der Waals surface area contributed by atoms with Gasteiger partial charge in [0.2, 0.25) is 0 Å². The second kappa shape index (κ2) is 11.0. The van der Waals surface area contributed by atoms with Gasteiger partial charge in [0.1, 0.15) is 4.91 Å². The van der Waals surface area contributed by atoms with Crippen molar-refractivity contribution in [1.82, 2.24) is 14.9 Å². The van der Waals surface area contributed by atoms with Gasteiger partial charge in [-0.15, -0.1) is 11.8 Å². The summed E-state index contributed by atoms with van der Waals surface area (Å²) in [6.07, 6.45) is 2.45. The predicted molar refractivity (Wildman–Crippen MR) is 113 cm³/mol. The van der Waals surface area contributed by atoms with Gasteiger partial charge in [-0.25, -0.2) is 27.1 Å². The van der Waals surface area contributed by atoms with Crippen molar-refractivity contribution in [2.24, 2.45) is 0 Å². The molecule has 0 bridgehead atoms. The molecule has 0 atom stereocenters. The van der Waals surface area contributed by atoms with Gasteiger partial charge in [0.05, 0.1) is 12.0 Å². The third-order valence-corrected chi connectivity index (χ3v) is 7.16. The first-order chi connectivity index (χ1) is 14.3. The van der Waals surface area contributed by atoms with Gasteiger partial charge >= 0.3 is 18.0 Å². The lowest BCUT2D eigenvalue weighted by molar-refractivity contribution is -0.135. The highest BCUT2D eigenvalue weighted by atomic mass is 32.2. The molecule has 0 saturated carbocycles. The minimum atomic E-state index is -4.13. The van der Waals surface area contributed by atoms with Crippen LogP contribution in [0.25, 0.3) is 0 Å². The number of rotatable bonds is 8. The third-order valence-electron chi connectivity index (χ3n) is 4.25. The van der Waals surface area contributed by atoms with Crippen LogP contribution in [0, 0.1) is 0 Å². The summed E-state index contributed by atoms with van der Waals surface area (Å²) in [5.41, 5.74) is 0.334. The second-order valence-electron chi connectivity index (χ2n) is 6.38. The Morgan fingerprint density at radius 3 is 2.50 bits per heavy atom. The standard InChI is InChI=1S/C19H25N3O6S2/c1-3-4-8-12-22(30(26,27)14-9-6-5-7-10-14)19(25)21-18(24)20-15-11-13-29-16(15)17(23)28-2/h5-7,9-10H,3-4,8,11-13H2,1-2H3,(H2,20,21,24,25). The Bertz CT molecular complexity index is 915. The summed E-state index contributed by atoms with van der Waals surface area (Å²) < 4.78 is 31.2. The number of thioether (sulfide) groups is 1. The Kier molecular flexibility index (Phi) is 8.72. The maximum Gasteiger partial charge on any atom is 0.346 e. The molecule has 1 heterocycles. The number of amides is 4. The molecule has 0 radical (unpaired) electrons. The zero-order valence-electron chi connectivity index (χ0n) is 16.8. The summed E-state index contributed by atoms with van der Waals surface area (Å²) >= 11 is 1.24. The monoisotopic (exact) mass is 455 g/mol. The van der Waals surface area contributed by atoms with Gasteiger partial charge in [-0.3, -0.25) is 5.32 Å². The number of esters is 1. The minimum Gasteiger partial charge on any atom is -0.465 e. The summed E-state index contributed by atoms with van der Waals surface area (Å²) in [6.45, 7) is 1.89. The van der Waals surface area contributed by atoms with E-state index in [1.165, 1.54) is 31.0 Å². The van der Waals surface area contributed by atoms with Gasteiger partial charge in [0.15, 0.2) is 0 Å². The van der Waals surface area contributed by atoms with E-state index in [1.54, 1.807) is 18.2 Å². The number of hydrogen-bond acceptors (Lipinski definition) is 7. The van der Waals surface area contributed by atoms with Crippen LogP contribution in [0.2, 0.25) is 0 Å². The SMILES string of the molecule is CCCCCN(C(=O)NC(=O)NC1=C(C(=O)OC)SCC1)S(=O)(=O)c1ccccc1. The van der Waals surface area contributed by atoms with E-state index < -0.39 is 28.1 Å². The molecule has 0 spiro atoms. The summed E-state index contributed by atoms with van der Waals surface area (Å²) in [5.74, 6) is 0.00598. The molecule has 1 aliphatic rings. The van der Waals surface area contributed by atoms with Crippen molar-refractivity contribution in [2.75, 3.05) is 19.4 Å². The highest BCUT2D eigenvalue weighted by Crippen LogP contribution is 2.30. The largest absolute Gasteiger partial charge is 0.465 e. The number of allylic oxidation sites excluding steroid dienone is 1. The van der Waals surface area contributed by atoms with Gasteiger partial charge in [-0.05, 0) is 25.0 Å². The Morgan fingerprint density at radius 2 is 1.87 bits per heavy atom. The van der Waals surface area contributed by atoms with Gasteiger partial charge in [-0.1, -0.05) is 38.0 Å². The van der Waals surface area contributed by atoms with Gasteiger partial charge in [0, 0.05) is 18.0 Å². The molecule has 0 aromatic heterocycles. The zero-order valence-corrected chi connectivity index (χ0v) is 18.5. The van der Waals surface area contributed by atoms with E-state index in [0.29, 0.717) is 28.6 Å². The Balaban J connectivity index is 2.16. The lowest BCUT2D eigenvalue weighted by atomic mass is 10.2. The first-order valence-electron chi connectivity index (χ1n) is 9.45. The fourth-order valence-electron chi connectivity index (χ4n) is 2.73. The van der Waals surface area contributed by atoms with E-state index in [2.05, 4.69) is 10.1 Å². The van der Waals surface area contributed by atoms with Crippen molar-refractivity contribution < 1.29 is 27.5 Å². The number of sulfonamides is 1. The molecular weight excluding hydrogens is 430 g/mol. The number of carbonyl (C=O) groups excluding carboxylic acids is 3. The molecule has 9 nitrogen and oxygen atoms in total. The topological polar surface area (TPSA) is 122 Å². The number of carbonyl (C=O) groups is 3. The maximum atomic E-state index is 12.9. The first kappa shape index (κ1) is 23.7. The summed E-state index contributed by atoms with van der Waals surface area (Å²) in [4.78, 5) is 36.9. The third kappa shape index (κ3) is 5.99. The molecule has 164 valence electrons. The number of urea groups is 2. The normalized spacial score (nSPS) is 13.7. The molecule has 1 aromatic carbocycles. The molecule has 1 aliphatic heterocycles. The molecule has 0 saturated heterocycles. The van der Waals surface area contributed by atoms with E-state index in [0.717, 1.165) is 12.8 Å². The molecule has 1 aromatic rings. The molecule has 11 heteroatoms. The average molecular weight is 456 g/mol. The highest BCUT2D eigenvalue weighted by molar-refractivity contribution is 8.04. The quantitative estimate of drug-likeness (QED) is 0.456. The smallest absolute Gasteiger partial charge is 0.346 e. The molecule has 0 aliphatic carbocycles. The van der Waals surface area contributed by atoms with E-state index >= 15 is 0 Å². The van der Waals surface area contributed by atoms with Crippen molar-refractivity contribution in [3.8, 4) is 0 Å². The lowest BCUT2D eigenvalue weighted by Crippen LogP contribution is -2.49. The maximum absolute atomic E-state index is 12.9. The molecule has 30 heavy (non-hydrogen) atoms. The van der Waals surface area contributed by atoms with Crippen LogP contribution in [-0.2, 0) is 19.6 Å². The average Bonchev–Trinajstić information content (AvgIpc) is 3.18. The highest BCUT2D eigenvalue weighted by Gasteiger charge is 2.31. The number of methoxy groups -OCH3 is 1. The number of ether oxygens (including phenoxy) is 1. The number of benzene rings is 1. The molecule has 4 amide bonds. The summed E-state index contributed by atoms with van der Waals surface area (Å²) in [5, 5.41) is 4.50. The summed E-state index contributed by atoms with van der Waals surface area (Å²) in [7, 11) is -2.90. The van der Waals surface area contributed by atoms with Crippen LogP contribution in [0.1, 0.15) is 32.6 Å². The molecule has 0 unspecified atom stereocenters. The Labute approximate surface area is 180 Å². The first-order valence-corrected chi connectivity index (χ1v) is 11.9. The number of hydrogen-bond donors (Lipinski definition) is 2. The lowest BCUT2D eigenvalue weighted by Gasteiger charge is -2.22. The second-order valence-corrected chi connectivity index (χ2v) is 9.35. The van der Waals surface area contributed by atoms with Crippen molar-refractivity contribution in [3.63, 3.8) is 0 Å². The molecule has 2 N–H and O–H groups in total. The molecular formula is C19H25N3O6S2. The fourth-order valence-corrected chi connectivity index (χ4v) is 5.16. The summed E-state index contributed by atoms with van der Waals surface area (Å²) in [6, 6.07) is 5.58. The van der Waals surface area contributed by atoms with Gasteiger partial charge < -0.3 is 10.1 Å². The van der Waals surface area contributed by atoms with Crippen LogP contribution in [0.4, 0.5) is 9.59 Å². The van der Waals surface area contributed by atoms with Crippen LogP contribution in [0.15, 0.2) is 45.8 Å². The molecule has 0 fully saturated rings. The fraction of sp³-hybridized carbons (Fsp3) is 0.421. The Morgan fingerprint density at radius 1 is 1.17 bits per heavy atom. The number of nitrogens with one attached hydrogen (secondary N) is 2. The number of unbranched alkanes of at least 4 members (excludes halogenated alkanes) is 2. The minimum absolute atomic E-state index is 0.0417. The van der Waals surface area contributed by atoms with Crippen molar-refractivity contribution in [2.45, 2.75) is 37.5 Å². The van der Waals surface area contributed by atoms with Crippen molar-refractivity contribution in [1.29, 1.82) is 0 Å². The number of imide groups is 1. The Hall–Kier alpha value is -2.53.